The minimum absolute atomic E-state index is 0.625. The molecule has 0 atom stereocenters. The number of halogens is 1. The van der Waals surface area contributed by atoms with Crippen molar-refractivity contribution in [1.82, 2.24) is 10.3 Å². The maximum atomic E-state index is 6.30. The number of hydrogen-bond donors (Lipinski definition) is 1. The lowest BCUT2D eigenvalue weighted by Gasteiger charge is -2.36. The van der Waals surface area contributed by atoms with Gasteiger partial charge in [0.25, 0.3) is 0 Å². The normalized spacial score (nSPS) is 15.7. The van der Waals surface area contributed by atoms with Gasteiger partial charge in [-0.2, -0.15) is 0 Å². The first-order valence-corrected chi connectivity index (χ1v) is 6.68. The van der Waals surface area contributed by atoms with Crippen molar-refractivity contribution in [2.75, 3.05) is 18.5 Å². The molecule has 17 heavy (non-hydrogen) atoms. The molecule has 0 spiro atoms. The minimum atomic E-state index is 0.625. The van der Waals surface area contributed by atoms with Crippen molar-refractivity contribution in [3.05, 3.63) is 22.8 Å². The van der Waals surface area contributed by atoms with Crippen LogP contribution < -0.4 is 10.2 Å². The molecule has 1 saturated carbocycles. The average Bonchev–Trinajstić information content (AvgIpc) is 2.23. The van der Waals surface area contributed by atoms with E-state index in [9.17, 15) is 0 Å². The van der Waals surface area contributed by atoms with E-state index in [1.54, 1.807) is 0 Å². The van der Waals surface area contributed by atoms with Crippen molar-refractivity contribution in [2.24, 2.45) is 0 Å². The van der Waals surface area contributed by atoms with Crippen LogP contribution in [0.3, 0.4) is 0 Å². The highest BCUT2D eigenvalue weighted by molar-refractivity contribution is 6.33. The van der Waals surface area contributed by atoms with Crippen LogP contribution in [0.25, 0.3) is 0 Å². The summed E-state index contributed by atoms with van der Waals surface area (Å²) in [5.41, 5.74) is 1.14. The van der Waals surface area contributed by atoms with Crippen molar-refractivity contribution < 1.29 is 0 Å². The van der Waals surface area contributed by atoms with Gasteiger partial charge in [0.2, 0.25) is 0 Å². The maximum absolute atomic E-state index is 6.30. The van der Waals surface area contributed by atoms with Crippen molar-refractivity contribution in [3.8, 4) is 0 Å². The van der Waals surface area contributed by atoms with Crippen molar-refractivity contribution >= 4 is 17.4 Å². The van der Waals surface area contributed by atoms with Crippen LogP contribution in [0, 0.1) is 0 Å². The van der Waals surface area contributed by atoms with Crippen LogP contribution in [0.1, 0.15) is 31.7 Å². The van der Waals surface area contributed by atoms with Gasteiger partial charge in [-0.15, -0.1) is 0 Å². The number of anilines is 1. The summed E-state index contributed by atoms with van der Waals surface area (Å²) >= 11 is 6.30. The number of pyridine rings is 1. The zero-order valence-electron chi connectivity index (χ0n) is 10.5. The molecular formula is C13H20ClN3. The Morgan fingerprint density at radius 1 is 1.53 bits per heavy atom. The van der Waals surface area contributed by atoms with E-state index in [1.165, 1.54) is 19.3 Å². The molecule has 3 nitrogen and oxygen atoms in total. The lowest BCUT2D eigenvalue weighted by Crippen LogP contribution is -2.37. The molecular weight excluding hydrogens is 234 g/mol. The number of nitrogens with one attached hydrogen (secondary N) is 1. The molecule has 1 aromatic heterocycles. The van der Waals surface area contributed by atoms with Gasteiger partial charge in [-0.05, 0) is 37.4 Å². The molecule has 1 aliphatic carbocycles. The summed E-state index contributed by atoms with van der Waals surface area (Å²) in [5.74, 6) is 0.914. The monoisotopic (exact) mass is 253 g/mol. The first-order chi connectivity index (χ1) is 8.22. The third kappa shape index (κ3) is 2.90. The Labute approximate surface area is 108 Å². The Kier molecular flexibility index (Phi) is 4.24. The van der Waals surface area contributed by atoms with Crippen LogP contribution in [0.15, 0.2) is 12.3 Å². The van der Waals surface area contributed by atoms with Crippen LogP contribution in [0.4, 0.5) is 5.82 Å². The maximum Gasteiger partial charge on any atom is 0.147 e. The molecule has 94 valence electrons. The molecule has 0 aromatic carbocycles. The zero-order chi connectivity index (χ0) is 12.3. The van der Waals surface area contributed by atoms with E-state index in [4.69, 9.17) is 11.6 Å². The quantitative estimate of drug-likeness (QED) is 0.875. The molecule has 2 rings (SSSR count). The van der Waals surface area contributed by atoms with E-state index < -0.39 is 0 Å². The molecule has 0 amide bonds. The van der Waals surface area contributed by atoms with Gasteiger partial charge in [0.15, 0.2) is 0 Å². The Bertz CT molecular complexity index is 377. The Hall–Kier alpha value is -0.800. The highest BCUT2D eigenvalue weighted by Crippen LogP contribution is 2.31. The average molecular weight is 254 g/mol. The molecule has 4 heteroatoms. The topological polar surface area (TPSA) is 28.2 Å². The smallest absolute Gasteiger partial charge is 0.147 e. The van der Waals surface area contributed by atoms with E-state index in [2.05, 4.69) is 29.2 Å². The Morgan fingerprint density at radius 3 is 2.82 bits per heavy atom. The lowest BCUT2D eigenvalue weighted by molar-refractivity contribution is 0.399. The van der Waals surface area contributed by atoms with Crippen LogP contribution in [-0.4, -0.2) is 24.6 Å². The van der Waals surface area contributed by atoms with Crippen molar-refractivity contribution in [3.63, 3.8) is 0 Å². The van der Waals surface area contributed by atoms with Crippen LogP contribution in [0.2, 0.25) is 5.02 Å². The SMILES string of the molecule is CCNCc1cnc(N(C)C2CCC2)c(Cl)c1. The highest BCUT2D eigenvalue weighted by Gasteiger charge is 2.24. The van der Waals surface area contributed by atoms with Gasteiger partial charge in [0, 0.05) is 25.8 Å². The summed E-state index contributed by atoms with van der Waals surface area (Å²) in [7, 11) is 2.09. The number of nitrogens with zero attached hydrogens (tertiary/aromatic N) is 2. The van der Waals surface area contributed by atoms with Gasteiger partial charge >= 0.3 is 0 Å². The first-order valence-electron chi connectivity index (χ1n) is 6.30. The van der Waals surface area contributed by atoms with Crippen molar-refractivity contribution in [1.29, 1.82) is 0 Å². The number of rotatable bonds is 5. The molecule has 1 N–H and O–H groups in total. The van der Waals surface area contributed by atoms with Crippen LogP contribution in [0.5, 0.6) is 0 Å². The summed E-state index contributed by atoms with van der Waals surface area (Å²) in [4.78, 5) is 6.70. The third-order valence-electron chi connectivity index (χ3n) is 3.41. The van der Waals surface area contributed by atoms with Gasteiger partial charge in [-0.3, -0.25) is 0 Å². The summed E-state index contributed by atoms with van der Waals surface area (Å²) < 4.78 is 0. The van der Waals surface area contributed by atoms with Gasteiger partial charge in [-0.1, -0.05) is 18.5 Å². The second kappa shape index (κ2) is 5.69. The van der Waals surface area contributed by atoms with Crippen LogP contribution >= 0.6 is 11.6 Å². The summed E-state index contributed by atoms with van der Waals surface area (Å²) in [6, 6.07) is 2.64. The first kappa shape index (κ1) is 12.7. The van der Waals surface area contributed by atoms with Gasteiger partial charge < -0.3 is 10.2 Å². The molecule has 0 radical (unpaired) electrons. The molecule has 1 aliphatic rings. The number of hydrogen-bond acceptors (Lipinski definition) is 3. The zero-order valence-corrected chi connectivity index (χ0v) is 11.3. The molecule has 0 bridgehead atoms. The van der Waals surface area contributed by atoms with E-state index in [1.807, 2.05) is 12.3 Å². The van der Waals surface area contributed by atoms with E-state index in [0.29, 0.717) is 6.04 Å². The van der Waals surface area contributed by atoms with Crippen LogP contribution in [-0.2, 0) is 6.54 Å². The molecule has 1 fully saturated rings. The molecule has 0 saturated heterocycles. The predicted molar refractivity (Wildman–Crippen MR) is 72.7 cm³/mol. The third-order valence-corrected chi connectivity index (χ3v) is 3.69. The summed E-state index contributed by atoms with van der Waals surface area (Å²) in [6.45, 7) is 3.88. The Morgan fingerprint density at radius 2 is 2.29 bits per heavy atom. The number of aromatic nitrogens is 1. The Balaban J connectivity index is 2.07. The molecule has 0 unspecified atom stereocenters. The molecule has 0 aliphatic heterocycles. The fraction of sp³-hybridized carbons (Fsp3) is 0.615. The largest absolute Gasteiger partial charge is 0.355 e. The molecule has 1 heterocycles. The predicted octanol–water partition coefficient (Wildman–Crippen LogP) is 2.83. The van der Waals surface area contributed by atoms with E-state index >= 15 is 0 Å². The van der Waals surface area contributed by atoms with Gasteiger partial charge in [0.1, 0.15) is 5.82 Å². The lowest BCUT2D eigenvalue weighted by atomic mass is 9.92. The van der Waals surface area contributed by atoms with Gasteiger partial charge in [-0.25, -0.2) is 4.98 Å². The minimum Gasteiger partial charge on any atom is -0.355 e. The fourth-order valence-corrected chi connectivity index (χ4v) is 2.37. The van der Waals surface area contributed by atoms with Gasteiger partial charge in [0.05, 0.1) is 5.02 Å². The summed E-state index contributed by atoms with van der Waals surface area (Å²) in [5, 5.41) is 4.03. The second-order valence-corrected chi connectivity index (χ2v) is 5.03. The fourth-order valence-electron chi connectivity index (χ4n) is 2.04. The van der Waals surface area contributed by atoms with Crippen molar-refractivity contribution in [2.45, 2.75) is 38.8 Å². The summed E-state index contributed by atoms with van der Waals surface area (Å²) in [6.07, 6.45) is 5.76. The molecule has 1 aromatic rings. The standard InChI is InChI=1S/C13H20ClN3/c1-3-15-8-10-7-12(14)13(16-9-10)17(2)11-5-4-6-11/h7,9,11,15H,3-6,8H2,1-2H3. The van der Waals surface area contributed by atoms with E-state index in [-0.39, 0.29) is 0 Å². The highest BCUT2D eigenvalue weighted by atomic mass is 35.5. The van der Waals surface area contributed by atoms with E-state index in [0.717, 1.165) is 29.5 Å². The second-order valence-electron chi connectivity index (χ2n) is 4.62.